The standard InChI is InChI=1S/C22H12F2/c23-21-8-2-6-19(15-21)12-10-17-4-1-5-18(14-17)11-13-20-7-3-9-22(24)16-20/h1-9,14-16H. The molecule has 114 valence electrons. The van der Waals surface area contributed by atoms with Gasteiger partial charge in [0.1, 0.15) is 11.6 Å². The fourth-order valence-corrected chi connectivity index (χ4v) is 2.10. The van der Waals surface area contributed by atoms with Crippen molar-refractivity contribution in [3.8, 4) is 23.7 Å². The number of benzene rings is 3. The minimum absolute atomic E-state index is 0.309. The first-order valence-corrected chi connectivity index (χ1v) is 7.34. The van der Waals surface area contributed by atoms with Crippen molar-refractivity contribution < 1.29 is 8.78 Å². The molecule has 0 heterocycles. The molecule has 0 N–H and O–H groups in total. The predicted octanol–water partition coefficient (Wildman–Crippen LogP) is 4.76. The van der Waals surface area contributed by atoms with Gasteiger partial charge in [-0.1, -0.05) is 41.9 Å². The SMILES string of the molecule is Fc1cccc(C#Cc2cccc(C#Cc3cccc(F)c3)c2)c1. The van der Waals surface area contributed by atoms with Crippen molar-refractivity contribution in [3.63, 3.8) is 0 Å². The molecule has 0 nitrogen and oxygen atoms in total. The Morgan fingerprint density at radius 1 is 0.458 bits per heavy atom. The summed E-state index contributed by atoms with van der Waals surface area (Å²) < 4.78 is 26.3. The maximum atomic E-state index is 13.1. The van der Waals surface area contributed by atoms with Crippen LogP contribution in [-0.2, 0) is 0 Å². The van der Waals surface area contributed by atoms with E-state index in [2.05, 4.69) is 23.7 Å². The van der Waals surface area contributed by atoms with E-state index in [1.807, 2.05) is 24.3 Å². The van der Waals surface area contributed by atoms with Gasteiger partial charge in [0.2, 0.25) is 0 Å². The lowest BCUT2D eigenvalue weighted by atomic mass is 10.1. The van der Waals surface area contributed by atoms with Gasteiger partial charge in [-0.2, -0.15) is 0 Å². The zero-order valence-corrected chi connectivity index (χ0v) is 12.7. The van der Waals surface area contributed by atoms with Crippen LogP contribution in [0.3, 0.4) is 0 Å². The lowest BCUT2D eigenvalue weighted by molar-refractivity contribution is 0.627. The molecular formula is C22H12F2. The third-order valence-corrected chi connectivity index (χ3v) is 3.21. The average Bonchev–Trinajstić information content (AvgIpc) is 2.59. The van der Waals surface area contributed by atoms with E-state index < -0.39 is 0 Å². The molecule has 0 aliphatic heterocycles. The molecule has 2 heteroatoms. The molecule has 0 atom stereocenters. The van der Waals surface area contributed by atoms with Crippen molar-refractivity contribution in [2.24, 2.45) is 0 Å². The Labute approximate surface area is 139 Å². The van der Waals surface area contributed by atoms with Gasteiger partial charge < -0.3 is 0 Å². The van der Waals surface area contributed by atoms with E-state index in [1.54, 1.807) is 24.3 Å². The molecule has 0 bridgehead atoms. The highest BCUT2D eigenvalue weighted by atomic mass is 19.1. The summed E-state index contributed by atoms with van der Waals surface area (Å²) in [6.45, 7) is 0. The quantitative estimate of drug-likeness (QED) is 0.525. The van der Waals surface area contributed by atoms with Gasteiger partial charge in [-0.05, 0) is 54.6 Å². The summed E-state index contributed by atoms with van der Waals surface area (Å²) in [7, 11) is 0. The molecule has 24 heavy (non-hydrogen) atoms. The van der Waals surface area contributed by atoms with Crippen LogP contribution in [0.15, 0.2) is 72.8 Å². The molecule has 0 aliphatic rings. The van der Waals surface area contributed by atoms with E-state index in [9.17, 15) is 8.78 Å². The van der Waals surface area contributed by atoms with Crippen molar-refractivity contribution in [1.82, 2.24) is 0 Å². The molecule has 0 spiro atoms. The summed E-state index contributed by atoms with van der Waals surface area (Å²) in [4.78, 5) is 0. The Bertz CT molecular complexity index is 916. The molecule has 0 aromatic heterocycles. The number of hydrogen-bond acceptors (Lipinski definition) is 0. The first-order valence-electron chi connectivity index (χ1n) is 7.34. The molecule has 0 fully saturated rings. The van der Waals surface area contributed by atoms with Crippen molar-refractivity contribution in [3.05, 3.63) is 107 Å². The van der Waals surface area contributed by atoms with Crippen LogP contribution in [0, 0.1) is 35.3 Å². The molecule has 0 aliphatic carbocycles. The maximum absolute atomic E-state index is 13.1. The van der Waals surface area contributed by atoms with Gasteiger partial charge in [-0.25, -0.2) is 8.78 Å². The van der Waals surface area contributed by atoms with Crippen LogP contribution in [0.5, 0.6) is 0 Å². The molecule has 0 saturated carbocycles. The maximum Gasteiger partial charge on any atom is 0.124 e. The molecule has 0 amide bonds. The van der Waals surface area contributed by atoms with Gasteiger partial charge in [0.15, 0.2) is 0 Å². The van der Waals surface area contributed by atoms with E-state index in [0.717, 1.165) is 11.1 Å². The first-order chi connectivity index (χ1) is 11.7. The van der Waals surface area contributed by atoms with Gasteiger partial charge in [0, 0.05) is 22.3 Å². The van der Waals surface area contributed by atoms with Crippen LogP contribution < -0.4 is 0 Å². The predicted molar refractivity (Wildman–Crippen MR) is 91.2 cm³/mol. The van der Waals surface area contributed by atoms with Crippen molar-refractivity contribution in [1.29, 1.82) is 0 Å². The van der Waals surface area contributed by atoms with Crippen LogP contribution in [0.25, 0.3) is 0 Å². The van der Waals surface area contributed by atoms with Crippen LogP contribution >= 0.6 is 0 Å². The number of rotatable bonds is 0. The van der Waals surface area contributed by atoms with Gasteiger partial charge in [0.05, 0.1) is 0 Å². The Morgan fingerprint density at radius 3 is 1.17 bits per heavy atom. The highest BCUT2D eigenvalue weighted by Gasteiger charge is 1.93. The second-order valence-corrected chi connectivity index (χ2v) is 5.10. The Hall–Kier alpha value is -3.36. The molecule has 0 radical (unpaired) electrons. The molecule has 0 unspecified atom stereocenters. The molecular weight excluding hydrogens is 302 g/mol. The van der Waals surface area contributed by atoms with Gasteiger partial charge in [-0.15, -0.1) is 0 Å². The summed E-state index contributed by atoms with van der Waals surface area (Å²) in [5, 5.41) is 0. The molecule has 3 rings (SSSR count). The third-order valence-electron chi connectivity index (χ3n) is 3.21. The van der Waals surface area contributed by atoms with E-state index in [1.165, 1.54) is 24.3 Å². The molecule has 3 aromatic rings. The fourth-order valence-electron chi connectivity index (χ4n) is 2.10. The smallest absolute Gasteiger partial charge is 0.124 e. The van der Waals surface area contributed by atoms with Crippen LogP contribution in [-0.4, -0.2) is 0 Å². The van der Waals surface area contributed by atoms with Crippen LogP contribution in [0.1, 0.15) is 22.3 Å². The van der Waals surface area contributed by atoms with Crippen molar-refractivity contribution in [2.75, 3.05) is 0 Å². The number of hydrogen-bond donors (Lipinski definition) is 0. The van der Waals surface area contributed by atoms with E-state index in [4.69, 9.17) is 0 Å². The summed E-state index contributed by atoms with van der Waals surface area (Å²) in [6, 6.07) is 19.7. The largest absolute Gasteiger partial charge is 0.207 e. The topological polar surface area (TPSA) is 0 Å². The third kappa shape index (κ3) is 4.32. The minimum atomic E-state index is -0.309. The molecule has 0 saturated heterocycles. The van der Waals surface area contributed by atoms with Crippen LogP contribution in [0.2, 0.25) is 0 Å². The second kappa shape index (κ2) is 7.27. The fraction of sp³-hybridized carbons (Fsp3) is 0. The Balaban J connectivity index is 1.83. The zero-order valence-electron chi connectivity index (χ0n) is 12.7. The Morgan fingerprint density at radius 2 is 0.792 bits per heavy atom. The van der Waals surface area contributed by atoms with Crippen molar-refractivity contribution >= 4 is 0 Å². The van der Waals surface area contributed by atoms with Gasteiger partial charge in [0.25, 0.3) is 0 Å². The highest BCUT2D eigenvalue weighted by Crippen LogP contribution is 2.06. The first kappa shape index (κ1) is 15.5. The summed E-state index contributed by atoms with van der Waals surface area (Å²) in [5.41, 5.74) is 2.80. The number of halogens is 2. The Kier molecular flexibility index (Phi) is 4.70. The zero-order chi connectivity index (χ0) is 16.8. The summed E-state index contributed by atoms with van der Waals surface area (Å²) in [5.74, 6) is 11.2. The monoisotopic (exact) mass is 314 g/mol. The highest BCUT2D eigenvalue weighted by molar-refractivity contribution is 5.49. The lowest BCUT2D eigenvalue weighted by Gasteiger charge is -1.94. The summed E-state index contributed by atoms with van der Waals surface area (Å²) >= 11 is 0. The minimum Gasteiger partial charge on any atom is -0.207 e. The average molecular weight is 314 g/mol. The van der Waals surface area contributed by atoms with E-state index >= 15 is 0 Å². The normalized spacial score (nSPS) is 9.42. The van der Waals surface area contributed by atoms with Gasteiger partial charge >= 0.3 is 0 Å². The second-order valence-electron chi connectivity index (χ2n) is 5.10. The van der Waals surface area contributed by atoms with E-state index in [0.29, 0.717) is 11.1 Å². The van der Waals surface area contributed by atoms with Gasteiger partial charge in [-0.3, -0.25) is 0 Å². The lowest BCUT2D eigenvalue weighted by Crippen LogP contribution is -1.81. The van der Waals surface area contributed by atoms with Crippen LogP contribution in [0.4, 0.5) is 8.78 Å². The summed E-state index contributed by atoms with van der Waals surface area (Å²) in [6.07, 6.45) is 0. The van der Waals surface area contributed by atoms with Crippen molar-refractivity contribution in [2.45, 2.75) is 0 Å². The van der Waals surface area contributed by atoms with E-state index in [-0.39, 0.29) is 11.6 Å². The molecule has 3 aromatic carbocycles.